The van der Waals surface area contributed by atoms with Gasteiger partial charge in [-0.2, -0.15) is 0 Å². The first-order valence-electron chi connectivity index (χ1n) is 6.94. The van der Waals surface area contributed by atoms with Gasteiger partial charge in [0.05, 0.1) is 5.75 Å². The van der Waals surface area contributed by atoms with Gasteiger partial charge < -0.3 is 15.2 Å². The zero-order valence-corrected chi connectivity index (χ0v) is 13.8. The zero-order chi connectivity index (χ0) is 16.7. The third-order valence-corrected chi connectivity index (χ3v) is 4.26. The Morgan fingerprint density at radius 1 is 1.17 bits per heavy atom. The first kappa shape index (κ1) is 17.4. The Morgan fingerprint density at radius 3 is 2.65 bits per heavy atom. The molecule has 0 spiro atoms. The van der Waals surface area contributed by atoms with Crippen molar-refractivity contribution >= 4 is 46.0 Å². The Balaban J connectivity index is 1.83. The summed E-state index contributed by atoms with van der Waals surface area (Å²) >= 11 is 7.38. The van der Waals surface area contributed by atoms with Crippen LogP contribution in [-0.4, -0.2) is 41.6 Å². The van der Waals surface area contributed by atoms with E-state index in [4.69, 9.17) is 21.4 Å². The van der Waals surface area contributed by atoms with Gasteiger partial charge in [0, 0.05) is 28.1 Å². The lowest BCUT2D eigenvalue weighted by atomic mass is 10.1. The Labute approximate surface area is 143 Å². The zero-order valence-electron chi connectivity index (χ0n) is 12.3. The molecule has 0 radical (unpaired) electrons. The maximum atomic E-state index is 11.7. The molecule has 0 unspecified atom stereocenters. The molecule has 2 aromatic rings. The highest BCUT2D eigenvalue weighted by Crippen LogP contribution is 2.31. The second kappa shape index (κ2) is 8.64. The van der Waals surface area contributed by atoms with Gasteiger partial charge in [0.1, 0.15) is 5.75 Å². The number of benzene rings is 2. The number of hydrogen-bond donors (Lipinski definition) is 2. The van der Waals surface area contributed by atoms with E-state index in [1.165, 1.54) is 11.8 Å². The van der Waals surface area contributed by atoms with Gasteiger partial charge in [0.15, 0.2) is 6.61 Å². The molecular formula is C16H16ClNO4S. The molecule has 0 aliphatic heterocycles. The number of carbonyl (C=O) groups is 2. The second-order valence-electron chi connectivity index (χ2n) is 4.68. The molecule has 0 fully saturated rings. The van der Waals surface area contributed by atoms with Gasteiger partial charge in [-0.15, -0.1) is 11.8 Å². The average Bonchev–Trinajstić information content (AvgIpc) is 2.54. The van der Waals surface area contributed by atoms with Crippen LogP contribution < -0.4 is 10.1 Å². The van der Waals surface area contributed by atoms with E-state index in [0.29, 0.717) is 23.1 Å². The van der Waals surface area contributed by atoms with Crippen LogP contribution >= 0.6 is 23.4 Å². The summed E-state index contributed by atoms with van der Waals surface area (Å²) in [4.78, 5) is 22.1. The van der Waals surface area contributed by atoms with E-state index in [1.54, 1.807) is 12.1 Å². The van der Waals surface area contributed by atoms with Crippen molar-refractivity contribution in [3.05, 3.63) is 41.4 Å². The number of hydrogen-bond acceptors (Lipinski definition) is 4. The largest absolute Gasteiger partial charge is 0.483 e. The Morgan fingerprint density at radius 2 is 1.91 bits per heavy atom. The van der Waals surface area contributed by atoms with Crippen molar-refractivity contribution in [3.8, 4) is 5.75 Å². The average molecular weight is 354 g/mol. The number of carboxylic acids is 1. The Hall–Kier alpha value is -1.92. The van der Waals surface area contributed by atoms with E-state index >= 15 is 0 Å². The predicted molar refractivity (Wildman–Crippen MR) is 92.4 cm³/mol. The van der Waals surface area contributed by atoms with Crippen LogP contribution in [0.15, 0.2) is 36.4 Å². The number of fused-ring (bicyclic) bond motifs is 1. The van der Waals surface area contributed by atoms with Gasteiger partial charge in [-0.05, 0) is 12.1 Å². The first-order chi connectivity index (χ1) is 11.1. The van der Waals surface area contributed by atoms with E-state index in [1.807, 2.05) is 24.3 Å². The van der Waals surface area contributed by atoms with Crippen molar-refractivity contribution in [2.24, 2.45) is 0 Å². The van der Waals surface area contributed by atoms with Gasteiger partial charge >= 0.3 is 5.97 Å². The summed E-state index contributed by atoms with van der Waals surface area (Å²) in [5, 5.41) is 13.5. The van der Waals surface area contributed by atoms with Crippen molar-refractivity contribution in [3.63, 3.8) is 0 Å². The number of carbonyl (C=O) groups excluding carboxylic acids is 1. The van der Waals surface area contributed by atoms with Crippen molar-refractivity contribution in [1.29, 1.82) is 0 Å². The van der Waals surface area contributed by atoms with Crippen LogP contribution in [0.25, 0.3) is 10.8 Å². The lowest BCUT2D eigenvalue weighted by Gasteiger charge is -2.10. The quantitative estimate of drug-likeness (QED) is 0.714. The summed E-state index contributed by atoms with van der Waals surface area (Å²) in [6.07, 6.45) is 0. The molecule has 23 heavy (non-hydrogen) atoms. The number of aliphatic carboxylic acids is 1. The summed E-state index contributed by atoms with van der Waals surface area (Å²) in [6, 6.07) is 11.0. The molecule has 1 amide bonds. The number of amides is 1. The van der Waals surface area contributed by atoms with Gasteiger partial charge in [-0.1, -0.05) is 35.9 Å². The summed E-state index contributed by atoms with van der Waals surface area (Å²) in [5.74, 6) is 0.0602. The highest BCUT2D eigenvalue weighted by Gasteiger charge is 2.08. The molecular weight excluding hydrogens is 338 g/mol. The normalized spacial score (nSPS) is 10.5. The maximum Gasteiger partial charge on any atom is 0.313 e. The number of thioether (sulfide) groups is 1. The molecule has 122 valence electrons. The van der Waals surface area contributed by atoms with E-state index in [9.17, 15) is 9.59 Å². The molecule has 0 saturated carbocycles. The van der Waals surface area contributed by atoms with Crippen molar-refractivity contribution in [1.82, 2.24) is 5.32 Å². The van der Waals surface area contributed by atoms with Crippen LogP contribution in [-0.2, 0) is 9.59 Å². The minimum Gasteiger partial charge on any atom is -0.483 e. The molecule has 0 aliphatic carbocycles. The number of ether oxygens (including phenoxy) is 1. The van der Waals surface area contributed by atoms with Gasteiger partial charge in [-0.3, -0.25) is 9.59 Å². The van der Waals surface area contributed by atoms with E-state index in [2.05, 4.69) is 5.32 Å². The summed E-state index contributed by atoms with van der Waals surface area (Å²) in [5.41, 5.74) is 0. The smallest absolute Gasteiger partial charge is 0.313 e. The van der Waals surface area contributed by atoms with Crippen LogP contribution in [0.3, 0.4) is 0 Å². The number of carboxylic acid groups (broad SMARTS) is 1. The minimum atomic E-state index is -0.862. The highest BCUT2D eigenvalue weighted by molar-refractivity contribution is 7.99. The van der Waals surface area contributed by atoms with Crippen molar-refractivity contribution in [2.75, 3.05) is 24.7 Å². The lowest BCUT2D eigenvalue weighted by Crippen LogP contribution is -2.30. The monoisotopic (exact) mass is 353 g/mol. The number of rotatable bonds is 8. The van der Waals surface area contributed by atoms with Crippen LogP contribution in [0.5, 0.6) is 5.75 Å². The van der Waals surface area contributed by atoms with Gasteiger partial charge in [0.25, 0.3) is 5.91 Å². The third-order valence-electron chi connectivity index (χ3n) is 2.98. The maximum absolute atomic E-state index is 11.7. The highest BCUT2D eigenvalue weighted by atomic mass is 35.5. The summed E-state index contributed by atoms with van der Waals surface area (Å²) in [7, 11) is 0. The Bertz CT molecular complexity index is 708. The molecule has 0 bridgehead atoms. The lowest BCUT2D eigenvalue weighted by molar-refractivity contribution is -0.133. The number of nitrogens with one attached hydrogen (secondary N) is 1. The molecule has 5 nitrogen and oxygen atoms in total. The Kier molecular flexibility index (Phi) is 6.55. The molecule has 2 aromatic carbocycles. The minimum absolute atomic E-state index is 0.0309. The van der Waals surface area contributed by atoms with Crippen molar-refractivity contribution < 1.29 is 19.4 Å². The van der Waals surface area contributed by atoms with E-state index < -0.39 is 5.97 Å². The molecule has 0 aromatic heterocycles. The van der Waals surface area contributed by atoms with Gasteiger partial charge in [-0.25, -0.2) is 0 Å². The van der Waals surface area contributed by atoms with Gasteiger partial charge in [0.2, 0.25) is 0 Å². The molecule has 2 N–H and O–H groups in total. The second-order valence-corrected chi connectivity index (χ2v) is 6.19. The summed E-state index contributed by atoms with van der Waals surface area (Å²) in [6.45, 7) is 0.302. The SMILES string of the molecule is O=C(O)CSCCNC(=O)COc1ccc(Cl)c2ccccc12. The molecule has 0 atom stereocenters. The molecule has 7 heteroatoms. The van der Waals surface area contributed by atoms with Crippen LogP contribution in [0.4, 0.5) is 0 Å². The van der Waals surface area contributed by atoms with E-state index in [0.717, 1.165) is 10.8 Å². The van der Waals surface area contributed by atoms with Crippen molar-refractivity contribution in [2.45, 2.75) is 0 Å². The molecule has 0 saturated heterocycles. The number of halogens is 1. The fourth-order valence-electron chi connectivity index (χ4n) is 1.98. The fraction of sp³-hybridized carbons (Fsp3) is 0.250. The summed E-state index contributed by atoms with van der Waals surface area (Å²) < 4.78 is 5.56. The molecule has 0 heterocycles. The first-order valence-corrected chi connectivity index (χ1v) is 8.47. The molecule has 0 aliphatic rings. The predicted octanol–water partition coefficient (Wildman–Crippen LogP) is 2.81. The molecule has 2 rings (SSSR count). The van der Waals surface area contributed by atoms with E-state index in [-0.39, 0.29) is 18.3 Å². The third kappa shape index (κ3) is 5.33. The fourth-order valence-corrected chi connectivity index (χ4v) is 2.77. The standard InChI is InChI=1S/C16H16ClNO4S/c17-13-5-6-14(12-4-2-1-3-11(12)13)22-9-15(19)18-7-8-23-10-16(20)21/h1-6H,7-10H2,(H,18,19)(H,20,21). The van der Waals surface area contributed by atoms with Crippen LogP contribution in [0, 0.1) is 0 Å². The van der Waals surface area contributed by atoms with Crippen LogP contribution in [0.2, 0.25) is 5.02 Å². The van der Waals surface area contributed by atoms with Crippen LogP contribution in [0.1, 0.15) is 0 Å². The topological polar surface area (TPSA) is 75.6 Å².